The van der Waals surface area contributed by atoms with Gasteiger partial charge in [0.05, 0.1) is 11.1 Å². The highest BCUT2D eigenvalue weighted by molar-refractivity contribution is 6.33. The molecule has 1 fully saturated rings. The molecule has 0 aliphatic heterocycles. The van der Waals surface area contributed by atoms with E-state index >= 15 is 0 Å². The summed E-state index contributed by atoms with van der Waals surface area (Å²) >= 11 is 0. The molecule has 4 aliphatic rings. The van der Waals surface area contributed by atoms with Gasteiger partial charge >= 0.3 is 0 Å². The predicted molar refractivity (Wildman–Crippen MR) is 140 cm³/mol. The number of fused-ring (bicyclic) bond motifs is 3. The first-order chi connectivity index (χ1) is 17.2. The number of Topliss-reactive ketones (excluding diaryl/α,β-unsaturated/α-hetero) is 3. The van der Waals surface area contributed by atoms with Crippen LogP contribution in [0, 0.1) is 22.7 Å². The highest BCUT2D eigenvalue weighted by atomic mass is 16.3. The molecule has 6 heteroatoms. The van der Waals surface area contributed by atoms with Gasteiger partial charge in [-0.2, -0.15) is 0 Å². The molecule has 1 unspecified atom stereocenters. The molecule has 196 valence electrons. The Hall–Kier alpha value is -2.99. The van der Waals surface area contributed by atoms with Crippen LogP contribution in [-0.2, 0) is 20.8 Å². The van der Waals surface area contributed by atoms with Crippen molar-refractivity contribution in [2.75, 3.05) is 0 Å². The normalized spacial score (nSPS) is 35.1. The number of ketones is 3. The van der Waals surface area contributed by atoms with Gasteiger partial charge in [0.25, 0.3) is 0 Å². The van der Waals surface area contributed by atoms with Crippen molar-refractivity contribution in [1.82, 2.24) is 0 Å². The third kappa shape index (κ3) is 3.11. The fourth-order valence-corrected chi connectivity index (χ4v) is 8.51. The van der Waals surface area contributed by atoms with Crippen LogP contribution in [0.1, 0.15) is 83.4 Å². The zero-order valence-corrected chi connectivity index (χ0v) is 22.4. The smallest absolute Gasteiger partial charge is 0.206 e. The molecule has 0 heterocycles. The van der Waals surface area contributed by atoms with Crippen molar-refractivity contribution < 1.29 is 29.7 Å². The van der Waals surface area contributed by atoms with Gasteiger partial charge in [-0.05, 0) is 68.6 Å². The largest absolute Gasteiger partial charge is 0.507 e. The zero-order chi connectivity index (χ0) is 27.2. The van der Waals surface area contributed by atoms with E-state index < -0.39 is 39.7 Å². The molecule has 5 atom stereocenters. The fraction of sp³-hybridized carbons (Fsp3) is 0.516. The van der Waals surface area contributed by atoms with E-state index in [2.05, 4.69) is 12.2 Å². The molecule has 0 saturated heterocycles. The van der Waals surface area contributed by atoms with Gasteiger partial charge in [0.1, 0.15) is 11.5 Å². The highest BCUT2D eigenvalue weighted by Crippen LogP contribution is 2.65. The quantitative estimate of drug-likeness (QED) is 0.299. The molecule has 0 amide bonds. The number of hydrogen-bond donors (Lipinski definition) is 3. The Morgan fingerprint density at radius 3 is 2.35 bits per heavy atom. The lowest BCUT2D eigenvalue weighted by atomic mass is 9.42. The van der Waals surface area contributed by atoms with E-state index in [-0.39, 0.29) is 46.5 Å². The summed E-state index contributed by atoms with van der Waals surface area (Å²) in [4.78, 5) is 40.8. The zero-order valence-electron chi connectivity index (χ0n) is 22.4. The highest BCUT2D eigenvalue weighted by Gasteiger charge is 2.72. The first-order valence-electron chi connectivity index (χ1n) is 13.2. The van der Waals surface area contributed by atoms with Crippen LogP contribution < -0.4 is 0 Å². The van der Waals surface area contributed by atoms with E-state index in [0.717, 1.165) is 24.0 Å². The predicted octanol–water partition coefficient (Wildman–Crippen LogP) is 5.13. The summed E-state index contributed by atoms with van der Waals surface area (Å²) in [6.45, 7) is 10.7. The fourth-order valence-electron chi connectivity index (χ4n) is 8.51. The molecule has 0 spiro atoms. The van der Waals surface area contributed by atoms with Gasteiger partial charge < -0.3 is 15.3 Å². The Balaban J connectivity index is 1.80. The summed E-state index contributed by atoms with van der Waals surface area (Å²) in [7, 11) is 0. The minimum absolute atomic E-state index is 0.0345. The number of allylic oxidation sites excluding steroid dienone is 3. The molecule has 3 N–H and O–H groups in total. The molecule has 1 aromatic rings. The van der Waals surface area contributed by atoms with E-state index in [1.54, 1.807) is 13.8 Å². The monoisotopic (exact) mass is 504 g/mol. The van der Waals surface area contributed by atoms with Gasteiger partial charge in [0.2, 0.25) is 11.6 Å². The Bertz CT molecular complexity index is 1360. The van der Waals surface area contributed by atoms with Gasteiger partial charge in [-0.25, -0.2) is 0 Å². The summed E-state index contributed by atoms with van der Waals surface area (Å²) in [6, 6.07) is 3.43. The second-order valence-electron chi connectivity index (χ2n) is 12.4. The number of phenols is 1. The van der Waals surface area contributed by atoms with Crippen LogP contribution in [0.4, 0.5) is 0 Å². The second-order valence-corrected chi connectivity index (χ2v) is 12.4. The van der Waals surface area contributed by atoms with Crippen LogP contribution in [0.15, 0.2) is 41.0 Å². The summed E-state index contributed by atoms with van der Waals surface area (Å²) in [6.07, 6.45) is 6.80. The van der Waals surface area contributed by atoms with Crippen molar-refractivity contribution in [1.29, 1.82) is 0 Å². The lowest BCUT2D eigenvalue weighted by Gasteiger charge is -2.60. The Morgan fingerprint density at radius 1 is 1.11 bits per heavy atom. The molecule has 0 radical (unpaired) electrons. The number of hydrogen-bond acceptors (Lipinski definition) is 6. The van der Waals surface area contributed by atoms with Gasteiger partial charge in [-0.15, -0.1) is 0 Å². The van der Waals surface area contributed by atoms with Gasteiger partial charge in [0.15, 0.2) is 11.4 Å². The third-order valence-electron chi connectivity index (χ3n) is 9.64. The Labute approximate surface area is 217 Å². The van der Waals surface area contributed by atoms with Crippen molar-refractivity contribution in [3.8, 4) is 5.75 Å². The Kier molecular flexibility index (Phi) is 5.55. The van der Waals surface area contributed by atoms with E-state index in [4.69, 9.17) is 0 Å². The molecular weight excluding hydrogens is 468 g/mol. The number of phenolic OH excluding ortho intramolecular Hbond substituents is 1. The number of rotatable bonds is 3. The first kappa shape index (κ1) is 25.7. The lowest BCUT2D eigenvalue weighted by Crippen LogP contribution is -2.70. The molecule has 1 saturated carbocycles. The molecule has 6 nitrogen and oxygen atoms in total. The lowest BCUT2D eigenvalue weighted by molar-refractivity contribution is -0.180. The van der Waals surface area contributed by atoms with Crippen molar-refractivity contribution in [3.05, 3.63) is 57.7 Å². The topological polar surface area (TPSA) is 112 Å². The summed E-state index contributed by atoms with van der Waals surface area (Å²) in [5.74, 6) is -3.06. The van der Waals surface area contributed by atoms with Crippen LogP contribution in [0.25, 0.3) is 5.76 Å². The number of carbonyl (C=O) groups is 3. The first-order valence-corrected chi connectivity index (χ1v) is 13.2. The number of aliphatic hydroxyl groups is 2. The second kappa shape index (κ2) is 8.00. The van der Waals surface area contributed by atoms with E-state index in [9.17, 15) is 29.7 Å². The maximum absolute atomic E-state index is 14.3. The summed E-state index contributed by atoms with van der Waals surface area (Å²) in [5, 5.41) is 34.6. The van der Waals surface area contributed by atoms with Gasteiger partial charge in [-0.1, -0.05) is 51.5 Å². The SMILES string of the molecule is CC(=O)C1=C(C)[C@@H](C(C)C)[C@]2(C)C[C@]3(C)Cc4c(C5C=CCC5)ccc(O)c4C(O)=C3C(=O)[C@]2(O)C1=O. The average molecular weight is 505 g/mol. The number of benzene rings is 1. The van der Waals surface area contributed by atoms with Crippen molar-refractivity contribution in [2.24, 2.45) is 22.7 Å². The van der Waals surface area contributed by atoms with E-state index in [1.807, 2.05) is 26.8 Å². The standard InChI is InChI=1S/C31H36O6/c1-15(2)24-16(3)22(17(4)32)27(35)31(37)28(36)25-26(34)23-20(13-29(25,5)14-30(24,31)6)19(11-12-21(23)33)18-9-7-8-10-18/h7,9,11-12,15,18,24,33-34,37H,8,10,13-14H2,1-6H3/t18?,24-,29+,30+,31-/m1/s1. The minimum Gasteiger partial charge on any atom is -0.507 e. The van der Waals surface area contributed by atoms with E-state index in [0.29, 0.717) is 12.0 Å². The molecule has 0 bridgehead atoms. The van der Waals surface area contributed by atoms with Crippen molar-refractivity contribution in [2.45, 2.75) is 78.7 Å². The minimum atomic E-state index is -2.50. The molecular formula is C31H36O6. The average Bonchev–Trinajstić information content (AvgIpc) is 3.30. The number of carbonyl (C=O) groups excluding carboxylic acids is 3. The molecule has 1 aromatic carbocycles. The van der Waals surface area contributed by atoms with Crippen LogP contribution in [0.2, 0.25) is 0 Å². The molecule has 4 aliphatic carbocycles. The maximum atomic E-state index is 14.3. The molecule has 0 aromatic heterocycles. The van der Waals surface area contributed by atoms with Crippen LogP contribution in [0.3, 0.4) is 0 Å². The Morgan fingerprint density at radius 2 is 1.78 bits per heavy atom. The van der Waals surface area contributed by atoms with Crippen molar-refractivity contribution in [3.63, 3.8) is 0 Å². The molecule has 37 heavy (non-hydrogen) atoms. The van der Waals surface area contributed by atoms with Gasteiger partial charge in [-0.3, -0.25) is 14.4 Å². The summed E-state index contributed by atoms with van der Waals surface area (Å²) in [5.41, 5.74) is -2.10. The molecule has 5 rings (SSSR count). The third-order valence-corrected chi connectivity index (χ3v) is 9.64. The van der Waals surface area contributed by atoms with Gasteiger partial charge in [0, 0.05) is 22.3 Å². The number of aliphatic hydroxyl groups excluding tert-OH is 1. The van der Waals surface area contributed by atoms with Crippen LogP contribution in [0.5, 0.6) is 5.75 Å². The number of aromatic hydroxyl groups is 1. The van der Waals surface area contributed by atoms with Crippen LogP contribution in [-0.4, -0.2) is 38.3 Å². The van der Waals surface area contributed by atoms with Crippen LogP contribution >= 0.6 is 0 Å². The maximum Gasteiger partial charge on any atom is 0.206 e. The summed E-state index contributed by atoms with van der Waals surface area (Å²) < 4.78 is 0. The van der Waals surface area contributed by atoms with Crippen molar-refractivity contribution >= 4 is 23.1 Å². The van der Waals surface area contributed by atoms with E-state index in [1.165, 1.54) is 13.0 Å².